The summed E-state index contributed by atoms with van der Waals surface area (Å²) in [5.74, 6) is 0.0406. The Labute approximate surface area is 110 Å². The van der Waals surface area contributed by atoms with Crippen LogP contribution in [0.25, 0.3) is 0 Å². The molecule has 3 nitrogen and oxygen atoms in total. The van der Waals surface area contributed by atoms with E-state index in [1.165, 1.54) is 17.0 Å². The van der Waals surface area contributed by atoms with E-state index in [0.717, 1.165) is 11.3 Å². The number of phenolic OH excluding ortho intramolecular Hbond substituents is 1. The second kappa shape index (κ2) is 5.69. The van der Waals surface area contributed by atoms with Gasteiger partial charge in [-0.1, -0.05) is 6.92 Å². The molecule has 1 amide bonds. The molecule has 0 unspecified atom stereocenters. The number of hydrogen-bond acceptors (Lipinski definition) is 3. The third-order valence-electron chi connectivity index (χ3n) is 2.62. The molecule has 1 aromatic carbocycles. The lowest BCUT2D eigenvalue weighted by Gasteiger charge is -2.03. The summed E-state index contributed by atoms with van der Waals surface area (Å²) in [6.07, 6.45) is 1.02. The van der Waals surface area contributed by atoms with Crippen LogP contribution in [-0.4, -0.2) is 11.0 Å². The number of nitrogens with one attached hydrogen (secondary N) is 1. The summed E-state index contributed by atoms with van der Waals surface area (Å²) in [6, 6.07) is 10.4. The summed E-state index contributed by atoms with van der Waals surface area (Å²) >= 11 is 1.72. The van der Waals surface area contributed by atoms with Crippen LogP contribution in [-0.2, 0) is 13.0 Å². The highest BCUT2D eigenvalue weighted by Crippen LogP contribution is 2.16. The fourth-order valence-corrected chi connectivity index (χ4v) is 2.49. The Morgan fingerprint density at radius 2 is 1.83 bits per heavy atom. The van der Waals surface area contributed by atoms with Crippen LogP contribution in [0.3, 0.4) is 0 Å². The van der Waals surface area contributed by atoms with Gasteiger partial charge in [0.05, 0.1) is 6.54 Å². The molecule has 0 fully saturated rings. The molecule has 0 atom stereocenters. The maximum absolute atomic E-state index is 11.8. The molecule has 18 heavy (non-hydrogen) atoms. The molecule has 0 radical (unpaired) electrons. The van der Waals surface area contributed by atoms with Crippen molar-refractivity contribution in [2.75, 3.05) is 0 Å². The maximum atomic E-state index is 11.8. The standard InChI is InChI=1S/C14H15NO2S/c1-2-12-7-8-13(18-12)9-15-14(17)10-3-5-11(16)6-4-10/h3-8,16H,2,9H2,1H3,(H,15,17). The van der Waals surface area contributed by atoms with Gasteiger partial charge in [-0.25, -0.2) is 0 Å². The predicted octanol–water partition coefficient (Wildman–Crippen LogP) is 2.95. The molecular weight excluding hydrogens is 246 g/mol. The predicted molar refractivity (Wildman–Crippen MR) is 73.0 cm³/mol. The molecule has 2 N–H and O–H groups in total. The molecule has 0 aliphatic heterocycles. The summed E-state index contributed by atoms with van der Waals surface area (Å²) < 4.78 is 0. The number of benzene rings is 1. The molecule has 0 bridgehead atoms. The van der Waals surface area contributed by atoms with Gasteiger partial charge in [-0.15, -0.1) is 11.3 Å². The zero-order chi connectivity index (χ0) is 13.0. The highest BCUT2D eigenvalue weighted by molar-refractivity contribution is 7.11. The van der Waals surface area contributed by atoms with Crippen molar-refractivity contribution in [2.45, 2.75) is 19.9 Å². The number of thiophene rings is 1. The molecule has 0 spiro atoms. The van der Waals surface area contributed by atoms with Gasteiger partial charge < -0.3 is 10.4 Å². The van der Waals surface area contributed by atoms with Crippen molar-refractivity contribution < 1.29 is 9.90 Å². The topological polar surface area (TPSA) is 49.3 Å². The van der Waals surface area contributed by atoms with Gasteiger partial charge in [-0.3, -0.25) is 4.79 Å². The van der Waals surface area contributed by atoms with Crippen LogP contribution in [0.5, 0.6) is 5.75 Å². The van der Waals surface area contributed by atoms with Crippen LogP contribution >= 0.6 is 11.3 Å². The number of rotatable bonds is 4. The fraction of sp³-hybridized carbons (Fsp3) is 0.214. The van der Waals surface area contributed by atoms with Gasteiger partial charge >= 0.3 is 0 Å². The molecule has 2 aromatic rings. The third-order valence-corrected chi connectivity index (χ3v) is 3.85. The second-order valence-corrected chi connectivity index (χ2v) is 5.20. The number of carbonyl (C=O) groups excluding carboxylic acids is 1. The average molecular weight is 261 g/mol. The lowest BCUT2D eigenvalue weighted by atomic mass is 10.2. The molecule has 2 rings (SSSR count). The van der Waals surface area contributed by atoms with Crippen LogP contribution in [0.15, 0.2) is 36.4 Å². The summed E-state index contributed by atoms with van der Waals surface area (Å²) in [6.45, 7) is 2.66. The van der Waals surface area contributed by atoms with Crippen molar-refractivity contribution in [3.63, 3.8) is 0 Å². The molecule has 0 aliphatic rings. The van der Waals surface area contributed by atoms with E-state index < -0.39 is 0 Å². The van der Waals surface area contributed by atoms with Gasteiger partial charge in [-0.05, 0) is 42.8 Å². The Balaban J connectivity index is 1.93. The van der Waals surface area contributed by atoms with E-state index in [1.807, 2.05) is 6.07 Å². The highest BCUT2D eigenvalue weighted by Gasteiger charge is 2.06. The van der Waals surface area contributed by atoms with E-state index in [9.17, 15) is 4.79 Å². The summed E-state index contributed by atoms with van der Waals surface area (Å²) in [7, 11) is 0. The minimum atomic E-state index is -0.124. The Morgan fingerprint density at radius 3 is 2.44 bits per heavy atom. The average Bonchev–Trinajstić information content (AvgIpc) is 2.85. The van der Waals surface area contributed by atoms with Crippen molar-refractivity contribution in [3.05, 3.63) is 51.7 Å². The molecular formula is C14H15NO2S. The van der Waals surface area contributed by atoms with E-state index >= 15 is 0 Å². The number of phenols is 1. The first-order valence-corrected chi connectivity index (χ1v) is 6.65. The van der Waals surface area contributed by atoms with E-state index in [0.29, 0.717) is 12.1 Å². The van der Waals surface area contributed by atoms with E-state index in [2.05, 4.69) is 18.3 Å². The normalized spacial score (nSPS) is 10.3. The largest absolute Gasteiger partial charge is 0.508 e. The first kappa shape index (κ1) is 12.6. The van der Waals surface area contributed by atoms with Crippen molar-refractivity contribution in [3.8, 4) is 5.75 Å². The maximum Gasteiger partial charge on any atom is 0.251 e. The zero-order valence-electron chi connectivity index (χ0n) is 10.1. The Hall–Kier alpha value is -1.81. The Kier molecular flexibility index (Phi) is 3.99. The summed E-state index contributed by atoms with van der Waals surface area (Å²) in [5.41, 5.74) is 0.556. The number of carbonyl (C=O) groups is 1. The molecule has 94 valence electrons. The van der Waals surface area contributed by atoms with Gasteiger partial charge in [0.15, 0.2) is 0 Å². The van der Waals surface area contributed by atoms with Crippen LogP contribution in [0.1, 0.15) is 27.0 Å². The molecule has 4 heteroatoms. The summed E-state index contributed by atoms with van der Waals surface area (Å²) in [4.78, 5) is 14.3. The van der Waals surface area contributed by atoms with Crippen molar-refractivity contribution in [1.82, 2.24) is 5.32 Å². The van der Waals surface area contributed by atoms with Gasteiger partial charge in [0.2, 0.25) is 0 Å². The van der Waals surface area contributed by atoms with Gasteiger partial charge in [-0.2, -0.15) is 0 Å². The highest BCUT2D eigenvalue weighted by atomic mass is 32.1. The zero-order valence-corrected chi connectivity index (χ0v) is 11.0. The smallest absolute Gasteiger partial charge is 0.251 e. The van der Waals surface area contributed by atoms with Crippen LogP contribution in [0, 0.1) is 0 Å². The van der Waals surface area contributed by atoms with E-state index in [4.69, 9.17) is 5.11 Å². The number of amides is 1. The molecule has 0 aliphatic carbocycles. The molecule has 0 saturated carbocycles. The minimum Gasteiger partial charge on any atom is -0.508 e. The SMILES string of the molecule is CCc1ccc(CNC(=O)c2ccc(O)cc2)s1. The van der Waals surface area contributed by atoms with Gasteiger partial charge in [0.1, 0.15) is 5.75 Å². The van der Waals surface area contributed by atoms with Crippen molar-refractivity contribution in [2.24, 2.45) is 0 Å². The third kappa shape index (κ3) is 3.11. The van der Waals surface area contributed by atoms with E-state index in [1.54, 1.807) is 23.5 Å². The number of aryl methyl sites for hydroxylation is 1. The van der Waals surface area contributed by atoms with Crippen molar-refractivity contribution >= 4 is 17.2 Å². The minimum absolute atomic E-state index is 0.124. The second-order valence-electron chi connectivity index (χ2n) is 3.95. The molecule has 0 saturated heterocycles. The quantitative estimate of drug-likeness (QED) is 0.889. The van der Waals surface area contributed by atoms with Crippen LogP contribution in [0.4, 0.5) is 0 Å². The van der Waals surface area contributed by atoms with Gasteiger partial charge in [0.25, 0.3) is 5.91 Å². The van der Waals surface area contributed by atoms with Crippen molar-refractivity contribution in [1.29, 1.82) is 0 Å². The lowest BCUT2D eigenvalue weighted by molar-refractivity contribution is 0.0951. The number of hydrogen-bond donors (Lipinski definition) is 2. The first-order chi connectivity index (χ1) is 8.69. The monoisotopic (exact) mass is 261 g/mol. The molecule has 1 heterocycles. The Morgan fingerprint density at radius 1 is 1.17 bits per heavy atom. The number of aromatic hydroxyl groups is 1. The Bertz CT molecular complexity index is 531. The lowest BCUT2D eigenvalue weighted by Crippen LogP contribution is -2.22. The summed E-state index contributed by atoms with van der Waals surface area (Å²) in [5, 5.41) is 12.0. The van der Waals surface area contributed by atoms with E-state index in [-0.39, 0.29) is 11.7 Å². The van der Waals surface area contributed by atoms with Crippen LogP contribution in [0.2, 0.25) is 0 Å². The van der Waals surface area contributed by atoms with Crippen LogP contribution < -0.4 is 5.32 Å². The molecule has 1 aromatic heterocycles. The first-order valence-electron chi connectivity index (χ1n) is 5.84. The van der Waals surface area contributed by atoms with Gasteiger partial charge in [0, 0.05) is 15.3 Å². The fourth-order valence-electron chi connectivity index (χ4n) is 1.59.